The third-order valence-electron chi connectivity index (χ3n) is 5.27. The van der Waals surface area contributed by atoms with E-state index in [0.29, 0.717) is 12.6 Å². The molecule has 142 valence electrons. The lowest BCUT2D eigenvalue weighted by Crippen LogP contribution is -2.46. The Morgan fingerprint density at radius 2 is 1.67 bits per heavy atom. The standard InChI is InChI=1S/C21H26N4O2/c1-23-13-5-8-19(23)14-24(17-9-10-17)20(26)15-25(18-11-12-18)21(27)22-16-6-3-2-4-7-16/h2-8,13,17-18H,9-12,14-15H2,1H3,(H,22,27). The van der Waals surface area contributed by atoms with Gasteiger partial charge in [0.2, 0.25) is 5.91 Å². The molecule has 0 spiro atoms. The second kappa shape index (κ2) is 7.47. The van der Waals surface area contributed by atoms with Crippen molar-refractivity contribution in [1.82, 2.24) is 14.4 Å². The molecule has 1 aromatic heterocycles. The van der Waals surface area contributed by atoms with Crippen LogP contribution in [0.15, 0.2) is 48.7 Å². The minimum absolute atomic E-state index is 0.0359. The van der Waals surface area contributed by atoms with Gasteiger partial charge < -0.3 is 19.7 Å². The van der Waals surface area contributed by atoms with E-state index in [-0.39, 0.29) is 24.5 Å². The molecule has 0 unspecified atom stereocenters. The Labute approximate surface area is 159 Å². The number of aromatic nitrogens is 1. The molecule has 2 fully saturated rings. The highest BCUT2D eigenvalue weighted by molar-refractivity contribution is 5.92. The van der Waals surface area contributed by atoms with Crippen molar-refractivity contribution in [3.63, 3.8) is 0 Å². The lowest BCUT2D eigenvalue weighted by molar-refractivity contribution is -0.133. The molecule has 0 bridgehead atoms. The number of carbonyl (C=O) groups excluding carboxylic acids is 2. The fourth-order valence-electron chi connectivity index (χ4n) is 3.35. The maximum atomic E-state index is 13.1. The number of nitrogens with one attached hydrogen (secondary N) is 1. The second-order valence-corrected chi connectivity index (χ2v) is 7.52. The van der Waals surface area contributed by atoms with Crippen molar-refractivity contribution in [2.24, 2.45) is 7.05 Å². The minimum atomic E-state index is -0.188. The highest BCUT2D eigenvalue weighted by Crippen LogP contribution is 2.31. The van der Waals surface area contributed by atoms with Crippen LogP contribution in [0.3, 0.4) is 0 Å². The maximum Gasteiger partial charge on any atom is 0.322 e. The molecule has 4 rings (SSSR count). The van der Waals surface area contributed by atoms with Crippen LogP contribution in [0.4, 0.5) is 10.5 Å². The van der Waals surface area contributed by atoms with E-state index in [9.17, 15) is 9.59 Å². The van der Waals surface area contributed by atoms with Crippen LogP contribution in [-0.2, 0) is 18.4 Å². The summed E-state index contributed by atoms with van der Waals surface area (Å²) in [7, 11) is 1.99. The maximum absolute atomic E-state index is 13.1. The van der Waals surface area contributed by atoms with Gasteiger partial charge >= 0.3 is 6.03 Å². The number of hydrogen-bond acceptors (Lipinski definition) is 2. The molecule has 1 heterocycles. The van der Waals surface area contributed by atoms with Crippen LogP contribution in [0, 0.1) is 0 Å². The Kier molecular flexibility index (Phi) is 4.88. The number of aryl methyl sites for hydroxylation is 1. The molecule has 0 radical (unpaired) electrons. The largest absolute Gasteiger partial charge is 0.353 e. The molecule has 6 heteroatoms. The Bertz CT molecular complexity index is 809. The number of amides is 3. The molecule has 2 aliphatic carbocycles. The summed E-state index contributed by atoms with van der Waals surface area (Å²) in [6, 6.07) is 13.7. The lowest BCUT2D eigenvalue weighted by atomic mass is 10.3. The molecule has 0 atom stereocenters. The monoisotopic (exact) mass is 366 g/mol. The number of para-hydroxylation sites is 1. The summed E-state index contributed by atoms with van der Waals surface area (Å²) < 4.78 is 2.05. The summed E-state index contributed by atoms with van der Waals surface area (Å²) in [6.07, 6.45) is 6.04. The van der Waals surface area contributed by atoms with E-state index in [4.69, 9.17) is 0 Å². The van der Waals surface area contributed by atoms with Crippen molar-refractivity contribution in [3.8, 4) is 0 Å². The average Bonchev–Trinajstić information content (AvgIpc) is 3.58. The van der Waals surface area contributed by atoms with Gasteiger partial charge in [0.1, 0.15) is 6.54 Å². The number of benzene rings is 1. The van der Waals surface area contributed by atoms with Gasteiger partial charge in [0, 0.05) is 36.7 Å². The van der Waals surface area contributed by atoms with Crippen molar-refractivity contribution in [1.29, 1.82) is 0 Å². The van der Waals surface area contributed by atoms with E-state index in [2.05, 4.69) is 5.32 Å². The number of nitrogens with zero attached hydrogens (tertiary/aromatic N) is 3. The molecule has 0 aliphatic heterocycles. The zero-order chi connectivity index (χ0) is 18.8. The van der Waals surface area contributed by atoms with Gasteiger partial charge in [0.05, 0.1) is 6.54 Å². The summed E-state index contributed by atoms with van der Waals surface area (Å²) >= 11 is 0. The Hall–Kier alpha value is -2.76. The van der Waals surface area contributed by atoms with Gasteiger partial charge in [-0.1, -0.05) is 18.2 Å². The van der Waals surface area contributed by atoms with Gasteiger partial charge in [-0.2, -0.15) is 0 Å². The Balaban J connectivity index is 1.43. The third kappa shape index (κ3) is 4.32. The van der Waals surface area contributed by atoms with Crippen molar-refractivity contribution in [3.05, 3.63) is 54.4 Å². The van der Waals surface area contributed by atoms with Crippen LogP contribution in [0.1, 0.15) is 31.4 Å². The predicted molar refractivity (Wildman–Crippen MR) is 104 cm³/mol. The first kappa shape index (κ1) is 17.6. The summed E-state index contributed by atoms with van der Waals surface area (Å²) in [6.45, 7) is 0.746. The van der Waals surface area contributed by atoms with E-state index in [0.717, 1.165) is 37.1 Å². The summed E-state index contributed by atoms with van der Waals surface area (Å²) in [5.41, 5.74) is 1.87. The van der Waals surface area contributed by atoms with Crippen LogP contribution in [0.25, 0.3) is 0 Å². The second-order valence-electron chi connectivity index (χ2n) is 7.52. The van der Waals surface area contributed by atoms with E-state index in [1.165, 1.54) is 0 Å². The summed E-state index contributed by atoms with van der Waals surface area (Å²) in [5, 5.41) is 2.92. The van der Waals surface area contributed by atoms with Gasteiger partial charge in [0.15, 0.2) is 0 Å². The van der Waals surface area contributed by atoms with E-state index >= 15 is 0 Å². The van der Waals surface area contributed by atoms with Crippen LogP contribution in [0.2, 0.25) is 0 Å². The molecule has 2 aliphatic rings. The topological polar surface area (TPSA) is 57.6 Å². The summed E-state index contributed by atoms with van der Waals surface area (Å²) in [4.78, 5) is 29.5. The van der Waals surface area contributed by atoms with Gasteiger partial charge in [-0.25, -0.2) is 4.79 Å². The van der Waals surface area contributed by atoms with Gasteiger partial charge in [0.25, 0.3) is 0 Å². The van der Waals surface area contributed by atoms with Crippen LogP contribution in [-0.4, -0.2) is 44.9 Å². The van der Waals surface area contributed by atoms with E-state index < -0.39 is 0 Å². The van der Waals surface area contributed by atoms with Gasteiger partial charge in [-0.3, -0.25) is 4.79 Å². The molecule has 1 aromatic carbocycles. The molecule has 1 N–H and O–H groups in total. The van der Waals surface area contributed by atoms with Gasteiger partial charge in [-0.05, 0) is 49.9 Å². The van der Waals surface area contributed by atoms with Crippen molar-refractivity contribution in [2.45, 2.75) is 44.3 Å². The zero-order valence-corrected chi connectivity index (χ0v) is 15.7. The number of urea groups is 1. The molecular formula is C21H26N4O2. The minimum Gasteiger partial charge on any atom is -0.353 e. The fraction of sp³-hybridized carbons (Fsp3) is 0.429. The summed E-state index contributed by atoms with van der Waals surface area (Å²) in [5.74, 6) is 0.0359. The fourth-order valence-corrected chi connectivity index (χ4v) is 3.35. The molecule has 6 nitrogen and oxygen atoms in total. The first-order valence-electron chi connectivity index (χ1n) is 9.64. The highest BCUT2D eigenvalue weighted by atomic mass is 16.2. The quantitative estimate of drug-likeness (QED) is 0.818. The van der Waals surface area contributed by atoms with Crippen molar-refractivity contribution >= 4 is 17.6 Å². The first-order chi connectivity index (χ1) is 13.1. The zero-order valence-electron chi connectivity index (χ0n) is 15.7. The molecule has 0 saturated heterocycles. The third-order valence-corrected chi connectivity index (χ3v) is 5.27. The SMILES string of the molecule is Cn1cccc1CN(C(=O)CN(C(=O)Nc1ccccc1)C1CC1)C1CC1. The Morgan fingerprint density at radius 1 is 1.00 bits per heavy atom. The van der Waals surface area contributed by atoms with Gasteiger partial charge in [-0.15, -0.1) is 0 Å². The van der Waals surface area contributed by atoms with E-state index in [1.807, 2.05) is 65.2 Å². The lowest BCUT2D eigenvalue weighted by Gasteiger charge is -2.28. The number of carbonyl (C=O) groups is 2. The predicted octanol–water partition coefficient (Wildman–Crippen LogP) is 3.21. The van der Waals surface area contributed by atoms with Crippen LogP contribution >= 0.6 is 0 Å². The normalized spacial score (nSPS) is 16.0. The highest BCUT2D eigenvalue weighted by Gasteiger charge is 2.38. The molecule has 27 heavy (non-hydrogen) atoms. The van der Waals surface area contributed by atoms with Crippen LogP contribution < -0.4 is 5.32 Å². The molecule has 2 aromatic rings. The van der Waals surface area contributed by atoms with Crippen molar-refractivity contribution in [2.75, 3.05) is 11.9 Å². The smallest absolute Gasteiger partial charge is 0.322 e. The Morgan fingerprint density at radius 3 is 2.26 bits per heavy atom. The molecular weight excluding hydrogens is 340 g/mol. The molecule has 2 saturated carbocycles. The average molecular weight is 366 g/mol. The number of anilines is 1. The molecule has 3 amide bonds. The number of rotatable bonds is 7. The van der Waals surface area contributed by atoms with Crippen molar-refractivity contribution < 1.29 is 9.59 Å². The van der Waals surface area contributed by atoms with Crippen LogP contribution in [0.5, 0.6) is 0 Å². The van der Waals surface area contributed by atoms with E-state index in [1.54, 1.807) is 4.90 Å². The first-order valence-corrected chi connectivity index (χ1v) is 9.64. The number of hydrogen-bond donors (Lipinski definition) is 1.